The van der Waals surface area contributed by atoms with Crippen LogP contribution in [0.1, 0.15) is 26.7 Å². The molecule has 1 unspecified atom stereocenters. The van der Waals surface area contributed by atoms with Crippen molar-refractivity contribution in [3.63, 3.8) is 0 Å². The number of aliphatic hydroxyl groups is 1. The second kappa shape index (κ2) is 6.86. The van der Waals surface area contributed by atoms with Gasteiger partial charge in [-0.15, -0.1) is 0 Å². The van der Waals surface area contributed by atoms with Gasteiger partial charge in [-0.25, -0.2) is 0 Å². The van der Waals surface area contributed by atoms with E-state index in [9.17, 15) is 4.79 Å². The Morgan fingerprint density at radius 1 is 1.44 bits per heavy atom. The molecule has 1 N–H and O–H groups in total. The first-order chi connectivity index (χ1) is 7.71. The molecule has 0 spiro atoms. The number of carbonyl (C=O) groups is 1. The van der Waals surface area contributed by atoms with Gasteiger partial charge in [0.15, 0.2) is 0 Å². The van der Waals surface area contributed by atoms with E-state index in [2.05, 4.69) is 4.90 Å². The van der Waals surface area contributed by atoms with Crippen LogP contribution in [0.4, 0.5) is 0 Å². The van der Waals surface area contributed by atoms with Gasteiger partial charge in [0.2, 0.25) is 5.91 Å². The molecule has 1 rings (SSSR count). The van der Waals surface area contributed by atoms with Crippen molar-refractivity contribution in [1.29, 1.82) is 0 Å². The number of rotatable bonds is 6. The lowest BCUT2D eigenvalue weighted by Gasteiger charge is -2.22. The Balaban J connectivity index is 2.30. The largest absolute Gasteiger partial charge is 0.396 e. The molecule has 4 heteroatoms. The molecule has 1 aliphatic rings. The summed E-state index contributed by atoms with van der Waals surface area (Å²) in [6.45, 7) is 8.39. The average Bonchev–Trinajstić information content (AvgIpc) is 2.68. The molecule has 0 bridgehead atoms. The van der Waals surface area contributed by atoms with Crippen molar-refractivity contribution in [3.05, 3.63) is 0 Å². The SMILES string of the molecule is CCN(CC)C(=O)CN1CCC(CCO)C1. The van der Waals surface area contributed by atoms with Gasteiger partial charge in [0.05, 0.1) is 6.54 Å². The number of likely N-dealkylation sites (tertiary alicyclic amines) is 1. The molecule has 0 aromatic carbocycles. The summed E-state index contributed by atoms with van der Waals surface area (Å²) in [5.41, 5.74) is 0. The number of carbonyl (C=O) groups excluding carboxylic acids is 1. The predicted octanol–water partition coefficient (Wildman–Crippen LogP) is 0.559. The molecule has 4 nitrogen and oxygen atoms in total. The van der Waals surface area contributed by atoms with Crippen LogP contribution in [-0.4, -0.2) is 60.1 Å². The highest BCUT2D eigenvalue weighted by Crippen LogP contribution is 2.18. The molecule has 0 radical (unpaired) electrons. The van der Waals surface area contributed by atoms with Crippen LogP contribution in [0.5, 0.6) is 0 Å². The predicted molar refractivity (Wildman–Crippen MR) is 64.2 cm³/mol. The van der Waals surface area contributed by atoms with Crippen molar-refractivity contribution in [1.82, 2.24) is 9.80 Å². The number of hydrogen-bond donors (Lipinski definition) is 1. The van der Waals surface area contributed by atoms with E-state index in [1.54, 1.807) is 0 Å². The summed E-state index contributed by atoms with van der Waals surface area (Å²) in [5, 5.41) is 8.87. The van der Waals surface area contributed by atoms with Gasteiger partial charge in [0.1, 0.15) is 0 Å². The average molecular weight is 228 g/mol. The van der Waals surface area contributed by atoms with Gasteiger partial charge < -0.3 is 10.0 Å². The summed E-state index contributed by atoms with van der Waals surface area (Å²) < 4.78 is 0. The second-order valence-electron chi connectivity index (χ2n) is 4.47. The Labute approximate surface area is 98.2 Å². The Kier molecular flexibility index (Phi) is 5.77. The molecular weight excluding hydrogens is 204 g/mol. The van der Waals surface area contributed by atoms with Crippen LogP contribution < -0.4 is 0 Å². The number of amides is 1. The van der Waals surface area contributed by atoms with Gasteiger partial charge in [-0.1, -0.05) is 0 Å². The second-order valence-corrected chi connectivity index (χ2v) is 4.47. The maximum Gasteiger partial charge on any atom is 0.236 e. The van der Waals surface area contributed by atoms with E-state index in [1.165, 1.54) is 0 Å². The Morgan fingerprint density at radius 2 is 2.12 bits per heavy atom. The van der Waals surface area contributed by atoms with Gasteiger partial charge in [-0.2, -0.15) is 0 Å². The number of aliphatic hydroxyl groups excluding tert-OH is 1. The maximum atomic E-state index is 11.9. The number of hydrogen-bond acceptors (Lipinski definition) is 3. The van der Waals surface area contributed by atoms with Gasteiger partial charge in [-0.05, 0) is 39.2 Å². The lowest BCUT2D eigenvalue weighted by molar-refractivity contribution is -0.131. The minimum atomic E-state index is 0.231. The fraction of sp³-hybridized carbons (Fsp3) is 0.917. The summed E-state index contributed by atoms with van der Waals surface area (Å²) in [6.07, 6.45) is 1.99. The highest BCUT2D eigenvalue weighted by atomic mass is 16.3. The summed E-state index contributed by atoms with van der Waals surface area (Å²) in [6, 6.07) is 0. The zero-order valence-corrected chi connectivity index (χ0v) is 10.5. The first kappa shape index (κ1) is 13.5. The molecule has 1 fully saturated rings. The van der Waals surface area contributed by atoms with Crippen LogP contribution in [0, 0.1) is 5.92 Å². The van der Waals surface area contributed by atoms with Crippen molar-refractivity contribution < 1.29 is 9.90 Å². The van der Waals surface area contributed by atoms with E-state index < -0.39 is 0 Å². The standard InChI is InChI=1S/C12H24N2O2/c1-3-14(4-2)12(16)10-13-7-5-11(9-13)6-8-15/h11,15H,3-10H2,1-2H3. The van der Waals surface area contributed by atoms with Crippen LogP contribution in [-0.2, 0) is 4.79 Å². The monoisotopic (exact) mass is 228 g/mol. The van der Waals surface area contributed by atoms with Crippen LogP contribution in [0.15, 0.2) is 0 Å². The first-order valence-corrected chi connectivity index (χ1v) is 6.32. The highest BCUT2D eigenvalue weighted by Gasteiger charge is 2.24. The minimum Gasteiger partial charge on any atom is -0.396 e. The van der Waals surface area contributed by atoms with Crippen molar-refractivity contribution in [2.75, 3.05) is 39.3 Å². The lowest BCUT2D eigenvalue weighted by atomic mass is 10.1. The van der Waals surface area contributed by atoms with Crippen molar-refractivity contribution in [2.24, 2.45) is 5.92 Å². The van der Waals surface area contributed by atoms with Crippen LogP contribution in [0.3, 0.4) is 0 Å². The molecule has 0 aromatic heterocycles. The summed E-state index contributed by atoms with van der Waals surface area (Å²) >= 11 is 0. The first-order valence-electron chi connectivity index (χ1n) is 6.32. The minimum absolute atomic E-state index is 0.231. The number of likely N-dealkylation sites (N-methyl/N-ethyl adjacent to an activating group) is 1. The van der Waals surface area contributed by atoms with Crippen molar-refractivity contribution >= 4 is 5.91 Å². The van der Waals surface area contributed by atoms with Gasteiger partial charge >= 0.3 is 0 Å². The van der Waals surface area contributed by atoms with E-state index in [1.807, 2.05) is 18.7 Å². The molecule has 0 aliphatic carbocycles. The van der Waals surface area contributed by atoms with Crippen LogP contribution >= 0.6 is 0 Å². The summed E-state index contributed by atoms with van der Waals surface area (Å²) in [5.74, 6) is 0.809. The Bertz CT molecular complexity index is 217. The third kappa shape index (κ3) is 3.76. The van der Waals surface area contributed by atoms with Gasteiger partial charge in [0.25, 0.3) is 0 Å². The molecule has 0 saturated carbocycles. The highest BCUT2D eigenvalue weighted by molar-refractivity contribution is 5.78. The molecule has 1 atom stereocenters. The molecule has 1 aliphatic heterocycles. The zero-order valence-electron chi connectivity index (χ0n) is 10.5. The van der Waals surface area contributed by atoms with E-state index >= 15 is 0 Å². The maximum absolute atomic E-state index is 11.9. The fourth-order valence-electron chi connectivity index (χ4n) is 2.34. The molecule has 0 aromatic rings. The van der Waals surface area contributed by atoms with Crippen LogP contribution in [0.25, 0.3) is 0 Å². The fourth-order valence-corrected chi connectivity index (χ4v) is 2.34. The molecule has 1 heterocycles. The smallest absolute Gasteiger partial charge is 0.236 e. The molecule has 1 saturated heterocycles. The normalized spacial score (nSPS) is 21.3. The van der Waals surface area contributed by atoms with Crippen molar-refractivity contribution in [2.45, 2.75) is 26.7 Å². The number of nitrogens with zero attached hydrogens (tertiary/aromatic N) is 2. The van der Waals surface area contributed by atoms with Crippen LogP contribution in [0.2, 0.25) is 0 Å². The van der Waals surface area contributed by atoms with E-state index in [0.717, 1.165) is 39.0 Å². The molecular formula is C12H24N2O2. The third-order valence-corrected chi connectivity index (χ3v) is 3.38. The molecule has 1 amide bonds. The lowest BCUT2D eigenvalue weighted by Crippen LogP contribution is -2.39. The Morgan fingerprint density at radius 3 is 2.69 bits per heavy atom. The van der Waals surface area contributed by atoms with E-state index in [-0.39, 0.29) is 12.5 Å². The van der Waals surface area contributed by atoms with Gasteiger partial charge in [0, 0.05) is 26.2 Å². The van der Waals surface area contributed by atoms with Crippen molar-refractivity contribution in [3.8, 4) is 0 Å². The Hall–Kier alpha value is -0.610. The summed E-state index contributed by atoms with van der Waals surface area (Å²) in [7, 11) is 0. The molecule has 94 valence electrons. The van der Waals surface area contributed by atoms with E-state index in [4.69, 9.17) is 5.11 Å². The van der Waals surface area contributed by atoms with E-state index in [0.29, 0.717) is 12.5 Å². The molecule has 16 heavy (non-hydrogen) atoms. The zero-order chi connectivity index (χ0) is 12.0. The topological polar surface area (TPSA) is 43.8 Å². The third-order valence-electron chi connectivity index (χ3n) is 3.38. The van der Waals surface area contributed by atoms with Gasteiger partial charge in [-0.3, -0.25) is 9.69 Å². The quantitative estimate of drug-likeness (QED) is 0.722. The summed E-state index contributed by atoms with van der Waals surface area (Å²) in [4.78, 5) is 15.9.